The third kappa shape index (κ3) is 3.43. The van der Waals surface area contributed by atoms with Crippen molar-refractivity contribution in [1.82, 2.24) is 10.2 Å². The maximum Gasteiger partial charge on any atom is 0.205 e. The number of halogens is 1. The van der Waals surface area contributed by atoms with Crippen LogP contribution in [-0.4, -0.2) is 16.7 Å². The van der Waals surface area contributed by atoms with Gasteiger partial charge in [0.1, 0.15) is 12.4 Å². The molecule has 0 aliphatic rings. The first-order valence-electron chi connectivity index (χ1n) is 5.64. The summed E-state index contributed by atoms with van der Waals surface area (Å²) in [6.07, 6.45) is 0. The lowest BCUT2D eigenvalue weighted by Gasteiger charge is -2.05. The topological polar surface area (TPSA) is 47.0 Å². The highest BCUT2D eigenvalue weighted by Gasteiger charge is 2.04. The molecule has 0 unspecified atom stereocenters. The van der Waals surface area contributed by atoms with Gasteiger partial charge >= 0.3 is 0 Å². The van der Waals surface area contributed by atoms with E-state index >= 15 is 0 Å². The molecule has 1 aromatic carbocycles. The highest BCUT2D eigenvalue weighted by Crippen LogP contribution is 2.23. The number of hydrogen-bond donors (Lipinski definition) is 1. The van der Waals surface area contributed by atoms with E-state index in [1.165, 1.54) is 11.3 Å². The minimum atomic E-state index is 0.449. The average Bonchev–Trinajstić information content (AvgIpc) is 2.79. The second kappa shape index (κ2) is 6.15. The van der Waals surface area contributed by atoms with Gasteiger partial charge in [-0.2, -0.15) is 0 Å². The van der Waals surface area contributed by atoms with Crippen LogP contribution in [0.5, 0.6) is 5.75 Å². The molecule has 0 saturated heterocycles. The summed E-state index contributed by atoms with van der Waals surface area (Å²) in [5.74, 6) is 0.843. The van der Waals surface area contributed by atoms with Crippen LogP contribution in [0.15, 0.2) is 22.7 Å². The van der Waals surface area contributed by atoms with Crippen molar-refractivity contribution in [3.8, 4) is 5.75 Å². The third-order valence-electron chi connectivity index (χ3n) is 2.29. The smallest absolute Gasteiger partial charge is 0.205 e. The van der Waals surface area contributed by atoms with Crippen molar-refractivity contribution in [3.05, 3.63) is 33.2 Å². The van der Waals surface area contributed by atoms with Gasteiger partial charge in [0.05, 0.1) is 0 Å². The van der Waals surface area contributed by atoms with Crippen LogP contribution in [-0.2, 0) is 6.61 Å². The summed E-state index contributed by atoms with van der Waals surface area (Å²) in [5.41, 5.74) is 1.15. The first-order valence-corrected chi connectivity index (χ1v) is 7.25. The van der Waals surface area contributed by atoms with E-state index < -0.39 is 0 Å². The zero-order chi connectivity index (χ0) is 13.0. The quantitative estimate of drug-likeness (QED) is 0.911. The molecule has 0 fully saturated rings. The van der Waals surface area contributed by atoms with Crippen molar-refractivity contribution in [3.63, 3.8) is 0 Å². The Morgan fingerprint density at radius 1 is 1.39 bits per heavy atom. The van der Waals surface area contributed by atoms with Crippen LogP contribution >= 0.6 is 27.3 Å². The van der Waals surface area contributed by atoms with Gasteiger partial charge in [-0.3, -0.25) is 0 Å². The number of benzene rings is 1. The number of aryl methyl sites for hydroxylation is 1. The maximum absolute atomic E-state index is 5.68. The largest absolute Gasteiger partial charge is 0.486 e. The Kier molecular flexibility index (Phi) is 4.54. The van der Waals surface area contributed by atoms with Crippen LogP contribution in [0.4, 0.5) is 5.13 Å². The summed E-state index contributed by atoms with van der Waals surface area (Å²) in [4.78, 5) is 0. The van der Waals surface area contributed by atoms with Crippen LogP contribution in [0.25, 0.3) is 0 Å². The standard InChI is InChI=1S/C12H14BrN3OS/c1-3-14-12-16-15-11(18-12)7-17-9-4-5-10(13)8(2)6-9/h4-6H,3,7H2,1-2H3,(H,14,16). The zero-order valence-electron chi connectivity index (χ0n) is 10.2. The minimum absolute atomic E-state index is 0.449. The molecule has 2 rings (SSSR count). The van der Waals surface area contributed by atoms with E-state index in [0.717, 1.165) is 32.5 Å². The predicted octanol–water partition coefficient (Wildman–Crippen LogP) is 3.62. The molecule has 0 spiro atoms. The van der Waals surface area contributed by atoms with Crippen LogP contribution < -0.4 is 10.1 Å². The number of anilines is 1. The monoisotopic (exact) mass is 327 g/mol. The van der Waals surface area contributed by atoms with Gasteiger partial charge in [0.2, 0.25) is 5.13 Å². The van der Waals surface area contributed by atoms with Crippen LogP contribution in [0, 0.1) is 6.92 Å². The van der Waals surface area contributed by atoms with Gasteiger partial charge in [-0.1, -0.05) is 27.3 Å². The highest BCUT2D eigenvalue weighted by molar-refractivity contribution is 9.10. The van der Waals surface area contributed by atoms with Gasteiger partial charge in [0.15, 0.2) is 5.01 Å². The van der Waals surface area contributed by atoms with Crippen molar-refractivity contribution in [1.29, 1.82) is 0 Å². The Morgan fingerprint density at radius 3 is 2.94 bits per heavy atom. The lowest BCUT2D eigenvalue weighted by atomic mass is 10.2. The molecule has 0 aliphatic carbocycles. The van der Waals surface area contributed by atoms with E-state index in [1.807, 2.05) is 32.0 Å². The van der Waals surface area contributed by atoms with Crippen molar-refractivity contribution in [2.75, 3.05) is 11.9 Å². The molecule has 2 aromatic rings. The molecule has 4 nitrogen and oxygen atoms in total. The third-order valence-corrected chi connectivity index (χ3v) is 4.03. The molecule has 0 amide bonds. The van der Waals surface area contributed by atoms with E-state index in [1.54, 1.807) is 0 Å². The Balaban J connectivity index is 1.95. The lowest BCUT2D eigenvalue weighted by molar-refractivity contribution is 0.304. The Morgan fingerprint density at radius 2 is 2.22 bits per heavy atom. The SMILES string of the molecule is CCNc1nnc(COc2ccc(Br)c(C)c2)s1. The normalized spacial score (nSPS) is 10.4. The van der Waals surface area contributed by atoms with Gasteiger partial charge in [0.25, 0.3) is 0 Å². The van der Waals surface area contributed by atoms with Gasteiger partial charge in [-0.05, 0) is 37.6 Å². The predicted molar refractivity (Wildman–Crippen MR) is 77.3 cm³/mol. The fourth-order valence-corrected chi connectivity index (χ4v) is 2.35. The molecule has 0 bridgehead atoms. The molecule has 96 valence electrons. The van der Waals surface area contributed by atoms with Gasteiger partial charge in [0, 0.05) is 11.0 Å². The van der Waals surface area contributed by atoms with Crippen LogP contribution in [0.1, 0.15) is 17.5 Å². The summed E-state index contributed by atoms with van der Waals surface area (Å²) in [5, 5.41) is 12.9. The van der Waals surface area contributed by atoms with Crippen LogP contribution in [0.2, 0.25) is 0 Å². The first kappa shape index (κ1) is 13.3. The van der Waals surface area contributed by atoms with Gasteiger partial charge < -0.3 is 10.1 Å². The van der Waals surface area contributed by atoms with Gasteiger partial charge in [-0.25, -0.2) is 0 Å². The Labute approximate surface area is 119 Å². The minimum Gasteiger partial charge on any atom is -0.486 e. The molecule has 1 aromatic heterocycles. The Bertz CT molecular complexity index is 530. The van der Waals surface area contributed by atoms with Gasteiger partial charge in [-0.15, -0.1) is 10.2 Å². The lowest BCUT2D eigenvalue weighted by Crippen LogP contribution is -1.95. The molecule has 6 heteroatoms. The number of aromatic nitrogens is 2. The van der Waals surface area contributed by atoms with E-state index in [2.05, 4.69) is 31.4 Å². The Hall–Kier alpha value is -1.14. The van der Waals surface area contributed by atoms with Crippen LogP contribution in [0.3, 0.4) is 0 Å². The molecule has 0 atom stereocenters. The van der Waals surface area contributed by atoms with Crippen molar-refractivity contribution >= 4 is 32.4 Å². The van der Waals surface area contributed by atoms with Crippen molar-refractivity contribution in [2.24, 2.45) is 0 Å². The van der Waals surface area contributed by atoms with Crippen molar-refractivity contribution < 1.29 is 4.74 Å². The number of nitrogens with zero attached hydrogens (tertiary/aromatic N) is 2. The molecule has 18 heavy (non-hydrogen) atoms. The van der Waals surface area contributed by atoms with E-state index in [9.17, 15) is 0 Å². The fourth-order valence-electron chi connectivity index (χ4n) is 1.39. The number of rotatable bonds is 5. The first-order chi connectivity index (χ1) is 8.69. The van der Waals surface area contributed by atoms with E-state index in [0.29, 0.717) is 6.61 Å². The second-order valence-electron chi connectivity index (χ2n) is 3.73. The molecule has 1 N–H and O–H groups in total. The molecular weight excluding hydrogens is 314 g/mol. The highest BCUT2D eigenvalue weighted by atomic mass is 79.9. The number of hydrogen-bond acceptors (Lipinski definition) is 5. The summed E-state index contributed by atoms with van der Waals surface area (Å²) in [7, 11) is 0. The molecule has 0 radical (unpaired) electrons. The second-order valence-corrected chi connectivity index (χ2v) is 5.65. The summed E-state index contributed by atoms with van der Waals surface area (Å²) >= 11 is 4.98. The molecule has 0 saturated carbocycles. The maximum atomic E-state index is 5.68. The summed E-state index contributed by atoms with van der Waals surface area (Å²) in [6, 6.07) is 5.91. The summed E-state index contributed by atoms with van der Waals surface area (Å²) in [6.45, 7) is 5.36. The molecular formula is C12H14BrN3OS. The molecule has 0 aliphatic heterocycles. The summed E-state index contributed by atoms with van der Waals surface area (Å²) < 4.78 is 6.76. The van der Waals surface area contributed by atoms with Crippen molar-refractivity contribution in [2.45, 2.75) is 20.5 Å². The van der Waals surface area contributed by atoms with E-state index in [-0.39, 0.29) is 0 Å². The van der Waals surface area contributed by atoms with E-state index in [4.69, 9.17) is 4.74 Å². The molecule has 1 heterocycles. The zero-order valence-corrected chi connectivity index (χ0v) is 12.6. The fraction of sp³-hybridized carbons (Fsp3) is 0.333. The number of ether oxygens (including phenoxy) is 1. The number of nitrogens with one attached hydrogen (secondary N) is 1. The average molecular weight is 328 g/mol.